The van der Waals surface area contributed by atoms with E-state index in [0.29, 0.717) is 22.4 Å². The molecule has 36 heavy (non-hydrogen) atoms. The molecule has 3 N–H and O–H groups in total. The highest BCUT2D eigenvalue weighted by Crippen LogP contribution is 2.45. The number of hydrogen-bond donors (Lipinski definition) is 3. The summed E-state index contributed by atoms with van der Waals surface area (Å²) in [6.07, 6.45) is 14.1. The van der Waals surface area contributed by atoms with Gasteiger partial charge in [-0.25, -0.2) is 9.97 Å². The van der Waals surface area contributed by atoms with Crippen molar-refractivity contribution in [2.45, 2.75) is 31.4 Å². The second kappa shape index (κ2) is 8.27. The van der Waals surface area contributed by atoms with Crippen LogP contribution in [0.5, 0.6) is 0 Å². The van der Waals surface area contributed by atoms with Crippen LogP contribution < -0.4 is 5.32 Å². The van der Waals surface area contributed by atoms with Crippen molar-refractivity contribution in [3.63, 3.8) is 0 Å². The Bertz CT molecular complexity index is 1680. The van der Waals surface area contributed by atoms with Crippen molar-refractivity contribution in [3.8, 4) is 22.6 Å². The van der Waals surface area contributed by atoms with E-state index in [2.05, 4.69) is 48.4 Å². The molecule has 5 aromatic rings. The molecule has 1 amide bonds. The van der Waals surface area contributed by atoms with Gasteiger partial charge in [0.05, 0.1) is 34.5 Å². The standard InChI is InChI=1S/C26H22N8OS/c1-13-2-5-21(36-13)19-11-28-12-20-22(19)32-25(31-20)23-18-7-16(9-29-24(18)34-33-23)15-6-17(10-27-8-15)30-26(35)14-3-4-14/h2,6-12,14,21H,3-5H2,1H3,(H,30,35)(H,31,32)(H,29,33,34). The summed E-state index contributed by atoms with van der Waals surface area (Å²) in [4.78, 5) is 35.2. The second-order valence-electron chi connectivity index (χ2n) is 9.29. The van der Waals surface area contributed by atoms with E-state index in [1.165, 1.54) is 4.91 Å². The molecule has 7 rings (SSSR count). The van der Waals surface area contributed by atoms with Crippen molar-refractivity contribution in [2.75, 3.05) is 5.32 Å². The van der Waals surface area contributed by atoms with Crippen molar-refractivity contribution >= 4 is 45.4 Å². The van der Waals surface area contributed by atoms with Crippen LogP contribution in [0.1, 0.15) is 37.0 Å². The molecule has 9 nitrogen and oxygen atoms in total. The van der Waals surface area contributed by atoms with Crippen LogP contribution in [0, 0.1) is 5.92 Å². The third-order valence-corrected chi connectivity index (χ3v) is 7.92. The number of anilines is 1. The first kappa shape index (κ1) is 21.3. The minimum atomic E-state index is 0.0559. The number of pyridine rings is 3. The van der Waals surface area contributed by atoms with Gasteiger partial charge in [0.25, 0.3) is 0 Å². The average Bonchev–Trinajstić information content (AvgIpc) is 3.30. The minimum Gasteiger partial charge on any atom is -0.335 e. The van der Waals surface area contributed by atoms with Crippen LogP contribution in [0.4, 0.5) is 5.69 Å². The van der Waals surface area contributed by atoms with Crippen LogP contribution in [0.3, 0.4) is 0 Å². The van der Waals surface area contributed by atoms with Gasteiger partial charge < -0.3 is 10.3 Å². The highest BCUT2D eigenvalue weighted by atomic mass is 32.2. The van der Waals surface area contributed by atoms with Crippen molar-refractivity contribution in [2.24, 2.45) is 5.92 Å². The average molecular weight is 495 g/mol. The first-order valence-corrected chi connectivity index (χ1v) is 12.8. The lowest BCUT2D eigenvalue weighted by Crippen LogP contribution is -2.13. The van der Waals surface area contributed by atoms with E-state index >= 15 is 0 Å². The van der Waals surface area contributed by atoms with E-state index < -0.39 is 0 Å². The molecule has 1 unspecified atom stereocenters. The van der Waals surface area contributed by atoms with Gasteiger partial charge in [-0.2, -0.15) is 5.10 Å². The van der Waals surface area contributed by atoms with Gasteiger partial charge in [-0.05, 0) is 43.2 Å². The quantitative estimate of drug-likeness (QED) is 0.299. The Kier molecular flexibility index (Phi) is 4.88. The van der Waals surface area contributed by atoms with E-state index in [9.17, 15) is 4.79 Å². The Hall–Kier alpha value is -4.05. The number of aromatic nitrogens is 7. The molecule has 178 valence electrons. The topological polar surface area (TPSA) is 125 Å². The SMILES string of the molecule is CC1=CCC(c2cncc3[nH]c(-c4[nH]nc5ncc(-c6cncc(NC(=O)C7CC7)c6)cc45)nc23)S1. The molecule has 1 atom stereocenters. The summed E-state index contributed by atoms with van der Waals surface area (Å²) in [5.74, 6) is 0.879. The summed E-state index contributed by atoms with van der Waals surface area (Å²) in [7, 11) is 0. The lowest BCUT2D eigenvalue weighted by Gasteiger charge is -2.09. The van der Waals surface area contributed by atoms with Crippen LogP contribution in [-0.4, -0.2) is 41.0 Å². The van der Waals surface area contributed by atoms with Gasteiger partial charge in [0.2, 0.25) is 5.91 Å². The van der Waals surface area contributed by atoms with Crippen LogP contribution in [0.25, 0.3) is 44.7 Å². The van der Waals surface area contributed by atoms with Gasteiger partial charge >= 0.3 is 0 Å². The molecule has 1 aliphatic carbocycles. The van der Waals surface area contributed by atoms with Crippen molar-refractivity contribution < 1.29 is 4.79 Å². The molecule has 0 saturated heterocycles. The number of imidazole rings is 1. The minimum absolute atomic E-state index is 0.0559. The number of hydrogen-bond acceptors (Lipinski definition) is 7. The zero-order valence-electron chi connectivity index (χ0n) is 19.4. The van der Waals surface area contributed by atoms with Crippen LogP contribution in [0.2, 0.25) is 0 Å². The molecule has 0 aromatic carbocycles. The van der Waals surface area contributed by atoms with E-state index in [1.54, 1.807) is 18.6 Å². The highest BCUT2D eigenvalue weighted by Gasteiger charge is 2.29. The van der Waals surface area contributed by atoms with E-state index in [1.807, 2.05) is 36.3 Å². The number of fused-ring (bicyclic) bond motifs is 2. The molecule has 1 aliphatic heterocycles. The lowest BCUT2D eigenvalue weighted by atomic mass is 10.1. The van der Waals surface area contributed by atoms with Crippen molar-refractivity contribution in [1.29, 1.82) is 0 Å². The first-order chi connectivity index (χ1) is 17.6. The largest absolute Gasteiger partial charge is 0.335 e. The number of aromatic amines is 2. The summed E-state index contributed by atoms with van der Waals surface area (Å²) < 4.78 is 0. The summed E-state index contributed by atoms with van der Waals surface area (Å²) in [5.41, 5.74) is 6.74. The molecule has 1 saturated carbocycles. The number of amides is 1. The fourth-order valence-electron chi connectivity index (χ4n) is 4.59. The summed E-state index contributed by atoms with van der Waals surface area (Å²) in [6, 6.07) is 3.95. The Balaban J connectivity index is 1.26. The predicted octanol–water partition coefficient (Wildman–Crippen LogP) is 5.39. The molecule has 0 radical (unpaired) electrons. The normalized spacial score (nSPS) is 17.6. The third-order valence-electron chi connectivity index (χ3n) is 6.65. The smallest absolute Gasteiger partial charge is 0.227 e. The zero-order chi connectivity index (χ0) is 24.2. The summed E-state index contributed by atoms with van der Waals surface area (Å²) >= 11 is 1.86. The molecule has 6 heterocycles. The number of rotatable bonds is 5. The number of thioether (sulfide) groups is 1. The number of nitrogens with one attached hydrogen (secondary N) is 3. The maximum atomic E-state index is 12.2. The van der Waals surface area contributed by atoms with Gasteiger partial charge in [-0.15, -0.1) is 11.8 Å². The number of carbonyl (C=O) groups is 1. The lowest BCUT2D eigenvalue weighted by molar-refractivity contribution is -0.117. The monoisotopic (exact) mass is 494 g/mol. The summed E-state index contributed by atoms with van der Waals surface area (Å²) in [5, 5.41) is 11.6. The fourth-order valence-corrected chi connectivity index (χ4v) is 5.72. The van der Waals surface area contributed by atoms with Gasteiger partial charge in [-0.1, -0.05) is 6.08 Å². The van der Waals surface area contributed by atoms with Crippen molar-refractivity contribution in [1.82, 2.24) is 35.1 Å². The summed E-state index contributed by atoms with van der Waals surface area (Å²) in [6.45, 7) is 2.14. The Morgan fingerprint density at radius 3 is 2.78 bits per heavy atom. The van der Waals surface area contributed by atoms with E-state index in [-0.39, 0.29) is 11.8 Å². The molecular formula is C26H22N8OS. The van der Waals surface area contributed by atoms with Gasteiger partial charge in [0, 0.05) is 46.4 Å². The third kappa shape index (κ3) is 3.74. The van der Waals surface area contributed by atoms with Crippen LogP contribution >= 0.6 is 11.8 Å². The number of carbonyl (C=O) groups excluding carboxylic acids is 1. The Morgan fingerprint density at radius 1 is 1.08 bits per heavy atom. The fraction of sp³-hybridized carbons (Fsp3) is 0.231. The zero-order valence-corrected chi connectivity index (χ0v) is 20.3. The van der Waals surface area contributed by atoms with Crippen molar-refractivity contribution in [3.05, 3.63) is 59.7 Å². The Morgan fingerprint density at radius 2 is 1.94 bits per heavy atom. The second-order valence-corrected chi connectivity index (χ2v) is 10.7. The molecule has 10 heteroatoms. The molecule has 0 spiro atoms. The maximum Gasteiger partial charge on any atom is 0.227 e. The molecule has 1 fully saturated rings. The molecular weight excluding hydrogens is 472 g/mol. The molecule has 5 aromatic heterocycles. The maximum absolute atomic E-state index is 12.2. The number of H-pyrrole nitrogens is 2. The highest BCUT2D eigenvalue weighted by molar-refractivity contribution is 8.03. The first-order valence-electron chi connectivity index (χ1n) is 11.9. The van der Waals surface area contributed by atoms with Gasteiger partial charge in [-0.3, -0.25) is 19.9 Å². The van der Waals surface area contributed by atoms with Gasteiger partial charge in [0.1, 0.15) is 5.69 Å². The van der Waals surface area contributed by atoms with Gasteiger partial charge in [0.15, 0.2) is 11.5 Å². The Labute approximate surface area is 210 Å². The molecule has 2 aliphatic rings. The predicted molar refractivity (Wildman–Crippen MR) is 140 cm³/mol. The van der Waals surface area contributed by atoms with Crippen LogP contribution in [-0.2, 0) is 4.79 Å². The van der Waals surface area contributed by atoms with E-state index in [0.717, 1.165) is 58.1 Å². The van der Waals surface area contributed by atoms with E-state index in [4.69, 9.17) is 4.98 Å². The van der Waals surface area contributed by atoms with Crippen LogP contribution in [0.15, 0.2) is 54.1 Å². The molecule has 0 bridgehead atoms. The number of nitrogens with zero attached hydrogens (tertiary/aromatic N) is 5. The number of allylic oxidation sites excluding steroid dienone is 2.